The largest absolute Gasteiger partial charge is 0.389 e. The Hall–Kier alpha value is -1.67. The van der Waals surface area contributed by atoms with Crippen molar-refractivity contribution in [1.82, 2.24) is 20.4 Å². The smallest absolute Gasteiger partial charge is 0.358 e. The second-order valence-corrected chi connectivity index (χ2v) is 5.47. The molecule has 21 heavy (non-hydrogen) atoms. The van der Waals surface area contributed by atoms with Crippen LogP contribution in [0.5, 0.6) is 0 Å². The number of carbonyl (C=O) groups excluding carboxylic acids is 1. The molecule has 9 heteroatoms. The number of nitrogens with one attached hydrogen (secondary N) is 2. The van der Waals surface area contributed by atoms with E-state index in [4.69, 9.17) is 0 Å². The van der Waals surface area contributed by atoms with Crippen molar-refractivity contribution in [3.63, 3.8) is 0 Å². The van der Waals surface area contributed by atoms with Crippen LogP contribution in [0.2, 0.25) is 0 Å². The highest BCUT2D eigenvalue weighted by Crippen LogP contribution is 2.26. The number of rotatable bonds is 5. The summed E-state index contributed by atoms with van der Waals surface area (Å²) >= 11 is 0. The van der Waals surface area contributed by atoms with Crippen molar-refractivity contribution < 1.29 is 9.72 Å². The molecular formula is C12H20ClN5O3. The van der Waals surface area contributed by atoms with E-state index < -0.39 is 4.92 Å². The maximum atomic E-state index is 11.8. The Morgan fingerprint density at radius 2 is 2.24 bits per heavy atom. The lowest BCUT2D eigenvalue weighted by atomic mass is 9.81. The highest BCUT2D eigenvalue weighted by atomic mass is 35.5. The van der Waals surface area contributed by atoms with Gasteiger partial charge in [0.25, 0.3) is 0 Å². The highest BCUT2D eigenvalue weighted by Gasteiger charge is 2.27. The fourth-order valence-electron chi connectivity index (χ4n) is 2.26. The van der Waals surface area contributed by atoms with E-state index in [1.165, 1.54) is 16.9 Å². The lowest BCUT2D eigenvalue weighted by Crippen LogP contribution is -2.43. The first-order valence-electron chi connectivity index (χ1n) is 6.64. The zero-order valence-corrected chi connectivity index (χ0v) is 12.7. The Balaban J connectivity index is 0.00000220. The van der Waals surface area contributed by atoms with Gasteiger partial charge in [0.05, 0.1) is 17.4 Å². The van der Waals surface area contributed by atoms with Crippen molar-refractivity contribution in [1.29, 1.82) is 0 Å². The molecule has 1 fully saturated rings. The van der Waals surface area contributed by atoms with Gasteiger partial charge >= 0.3 is 5.82 Å². The maximum absolute atomic E-state index is 11.8. The first-order valence-corrected chi connectivity index (χ1v) is 6.64. The number of hydrogen-bond acceptors (Lipinski definition) is 5. The molecule has 0 spiro atoms. The summed E-state index contributed by atoms with van der Waals surface area (Å²) < 4.78 is 1.28. The molecule has 1 aliphatic rings. The van der Waals surface area contributed by atoms with Gasteiger partial charge in [-0.05, 0) is 36.3 Å². The topological polar surface area (TPSA) is 102 Å². The molecule has 1 aromatic rings. The first-order chi connectivity index (χ1) is 9.48. The number of halogens is 1. The third kappa shape index (κ3) is 4.98. The number of nitrogens with zero attached hydrogens (tertiary/aromatic N) is 3. The zero-order chi connectivity index (χ0) is 14.6. The van der Waals surface area contributed by atoms with E-state index in [-0.39, 0.29) is 36.1 Å². The average molecular weight is 318 g/mol. The Labute approximate surface area is 128 Å². The minimum absolute atomic E-state index is 0. The molecule has 8 nitrogen and oxygen atoms in total. The number of amides is 1. The normalized spacial score (nSPS) is 16.8. The van der Waals surface area contributed by atoms with Crippen LogP contribution in [0.3, 0.4) is 0 Å². The van der Waals surface area contributed by atoms with E-state index in [1.807, 2.05) is 0 Å². The summed E-state index contributed by atoms with van der Waals surface area (Å²) in [5.74, 6) is -0.425. The molecule has 0 atom stereocenters. The Morgan fingerprint density at radius 1 is 1.57 bits per heavy atom. The van der Waals surface area contributed by atoms with E-state index in [2.05, 4.69) is 22.7 Å². The number of hydrogen-bond donors (Lipinski definition) is 2. The Kier molecular flexibility index (Phi) is 6.10. The molecule has 0 radical (unpaired) electrons. The molecule has 1 aliphatic heterocycles. The Morgan fingerprint density at radius 3 is 2.81 bits per heavy atom. The SMILES string of the molecule is CC1(CNC(=O)Cn2ccc([N+](=O)[O-])n2)CCNCC1.Cl. The van der Waals surface area contributed by atoms with Gasteiger partial charge in [0.2, 0.25) is 5.91 Å². The van der Waals surface area contributed by atoms with Crippen LogP contribution in [0.25, 0.3) is 0 Å². The first kappa shape index (κ1) is 17.4. The van der Waals surface area contributed by atoms with Gasteiger partial charge in [-0.3, -0.25) is 4.79 Å². The molecule has 2 N–H and O–H groups in total. The molecule has 2 rings (SSSR count). The maximum Gasteiger partial charge on any atom is 0.389 e. The van der Waals surface area contributed by atoms with Gasteiger partial charge in [-0.25, -0.2) is 0 Å². The molecule has 0 aromatic carbocycles. The summed E-state index contributed by atoms with van der Waals surface area (Å²) in [5, 5.41) is 20.4. The van der Waals surface area contributed by atoms with E-state index >= 15 is 0 Å². The second-order valence-electron chi connectivity index (χ2n) is 5.47. The summed E-state index contributed by atoms with van der Waals surface area (Å²) in [7, 11) is 0. The number of carbonyl (C=O) groups is 1. The summed E-state index contributed by atoms with van der Waals surface area (Å²) in [6.45, 7) is 4.72. The van der Waals surface area contributed by atoms with Crippen LogP contribution in [0.15, 0.2) is 12.3 Å². The van der Waals surface area contributed by atoms with Crippen molar-refractivity contribution in [2.24, 2.45) is 5.41 Å². The zero-order valence-electron chi connectivity index (χ0n) is 11.9. The van der Waals surface area contributed by atoms with Crippen LogP contribution < -0.4 is 10.6 Å². The third-order valence-corrected chi connectivity index (χ3v) is 3.64. The molecule has 1 amide bonds. The lowest BCUT2D eigenvalue weighted by Gasteiger charge is -2.34. The standard InChI is InChI=1S/C12H19N5O3.ClH/c1-12(3-5-13-6-4-12)9-14-11(18)8-16-7-2-10(15-16)17(19)20;/h2,7,13H,3-6,8-9H2,1H3,(H,14,18);1H. The molecular weight excluding hydrogens is 298 g/mol. The van der Waals surface area contributed by atoms with Gasteiger partial charge in [0.15, 0.2) is 0 Å². The third-order valence-electron chi connectivity index (χ3n) is 3.64. The van der Waals surface area contributed by atoms with Crippen molar-refractivity contribution in [3.05, 3.63) is 22.4 Å². The molecule has 2 heterocycles. The second kappa shape index (κ2) is 7.37. The monoisotopic (exact) mass is 317 g/mol. The minimum Gasteiger partial charge on any atom is -0.358 e. The van der Waals surface area contributed by atoms with E-state index in [0.717, 1.165) is 25.9 Å². The average Bonchev–Trinajstić information content (AvgIpc) is 2.86. The van der Waals surface area contributed by atoms with Crippen LogP contribution >= 0.6 is 12.4 Å². The summed E-state index contributed by atoms with van der Waals surface area (Å²) in [4.78, 5) is 21.7. The Bertz CT molecular complexity index is 499. The number of piperidine rings is 1. The fourth-order valence-corrected chi connectivity index (χ4v) is 2.26. The predicted octanol–water partition coefficient (Wildman–Crippen LogP) is 0.719. The van der Waals surface area contributed by atoms with Crippen LogP contribution in [-0.2, 0) is 11.3 Å². The predicted molar refractivity (Wildman–Crippen MR) is 79.3 cm³/mol. The summed E-state index contributed by atoms with van der Waals surface area (Å²) in [5.41, 5.74) is 0.122. The molecule has 1 saturated heterocycles. The van der Waals surface area contributed by atoms with Crippen molar-refractivity contribution in [2.75, 3.05) is 19.6 Å². The quantitative estimate of drug-likeness (QED) is 0.615. The van der Waals surface area contributed by atoms with Gasteiger partial charge in [0.1, 0.15) is 6.54 Å². The van der Waals surface area contributed by atoms with Gasteiger partial charge in [0, 0.05) is 6.54 Å². The van der Waals surface area contributed by atoms with E-state index in [0.29, 0.717) is 6.54 Å². The summed E-state index contributed by atoms with van der Waals surface area (Å²) in [6.07, 6.45) is 3.49. The number of aromatic nitrogens is 2. The van der Waals surface area contributed by atoms with Crippen LogP contribution in [0.4, 0.5) is 5.82 Å². The molecule has 1 aromatic heterocycles. The minimum atomic E-state index is -0.579. The molecule has 0 unspecified atom stereocenters. The van der Waals surface area contributed by atoms with E-state index in [1.54, 1.807) is 0 Å². The van der Waals surface area contributed by atoms with Crippen molar-refractivity contribution in [2.45, 2.75) is 26.3 Å². The van der Waals surface area contributed by atoms with Crippen LogP contribution in [0.1, 0.15) is 19.8 Å². The molecule has 0 aliphatic carbocycles. The van der Waals surface area contributed by atoms with Gasteiger partial charge in [-0.15, -0.1) is 12.4 Å². The fraction of sp³-hybridized carbons (Fsp3) is 0.667. The van der Waals surface area contributed by atoms with Gasteiger partial charge < -0.3 is 20.7 Å². The summed E-state index contributed by atoms with van der Waals surface area (Å²) in [6, 6.07) is 1.28. The molecule has 118 valence electrons. The highest BCUT2D eigenvalue weighted by molar-refractivity contribution is 5.85. The lowest BCUT2D eigenvalue weighted by molar-refractivity contribution is -0.389. The number of nitro groups is 1. The molecule has 0 saturated carbocycles. The van der Waals surface area contributed by atoms with Crippen molar-refractivity contribution >= 4 is 24.1 Å². The van der Waals surface area contributed by atoms with Crippen molar-refractivity contribution in [3.8, 4) is 0 Å². The van der Waals surface area contributed by atoms with Crippen LogP contribution in [0, 0.1) is 15.5 Å². The van der Waals surface area contributed by atoms with E-state index in [9.17, 15) is 14.9 Å². The van der Waals surface area contributed by atoms with Crippen LogP contribution in [-0.4, -0.2) is 40.2 Å². The molecule has 0 bridgehead atoms. The van der Waals surface area contributed by atoms with Gasteiger partial charge in [-0.1, -0.05) is 6.92 Å². The van der Waals surface area contributed by atoms with Gasteiger partial charge in [-0.2, -0.15) is 4.68 Å².